The molecule has 102 valence electrons. The van der Waals surface area contributed by atoms with E-state index in [1.165, 1.54) is 6.07 Å². The first-order valence-electron chi connectivity index (χ1n) is 6.38. The van der Waals surface area contributed by atoms with Crippen LogP contribution in [-0.2, 0) is 11.3 Å². The molecule has 0 aliphatic carbocycles. The van der Waals surface area contributed by atoms with Crippen molar-refractivity contribution < 1.29 is 9.13 Å². The fraction of sp³-hybridized carbons (Fsp3) is 0.571. The number of hydrogen-bond acceptors (Lipinski definition) is 3. The maximum atomic E-state index is 13.3. The molecule has 0 aliphatic heterocycles. The second-order valence-corrected chi connectivity index (χ2v) is 4.36. The molecule has 4 heteroatoms. The Bertz CT molecular complexity index is 358. The van der Waals surface area contributed by atoms with E-state index in [9.17, 15) is 4.39 Å². The molecule has 0 saturated heterocycles. The fourth-order valence-corrected chi connectivity index (χ4v) is 1.82. The molecule has 0 bridgehead atoms. The molecule has 1 N–H and O–H groups in total. The zero-order valence-corrected chi connectivity index (χ0v) is 11.5. The first kappa shape index (κ1) is 14.9. The van der Waals surface area contributed by atoms with Crippen molar-refractivity contribution in [1.29, 1.82) is 0 Å². The Balaban J connectivity index is 2.74. The van der Waals surface area contributed by atoms with Crippen LogP contribution in [0.3, 0.4) is 0 Å². The van der Waals surface area contributed by atoms with E-state index in [0.29, 0.717) is 13.2 Å². The number of ether oxygens (including phenoxy) is 1. The van der Waals surface area contributed by atoms with Crippen LogP contribution in [0.25, 0.3) is 0 Å². The van der Waals surface area contributed by atoms with E-state index in [2.05, 4.69) is 17.1 Å². The fourth-order valence-electron chi connectivity index (χ4n) is 1.82. The van der Waals surface area contributed by atoms with Gasteiger partial charge in [0.2, 0.25) is 0 Å². The molecule has 1 rings (SSSR count). The number of rotatable bonds is 8. The van der Waals surface area contributed by atoms with Crippen molar-refractivity contribution in [2.75, 3.05) is 38.8 Å². The van der Waals surface area contributed by atoms with Gasteiger partial charge in [0.1, 0.15) is 5.82 Å². The van der Waals surface area contributed by atoms with Crippen molar-refractivity contribution in [3.8, 4) is 0 Å². The zero-order valence-electron chi connectivity index (χ0n) is 11.5. The first-order valence-corrected chi connectivity index (χ1v) is 6.38. The molecule has 0 atom stereocenters. The lowest BCUT2D eigenvalue weighted by molar-refractivity contribution is 0.206. The van der Waals surface area contributed by atoms with Crippen molar-refractivity contribution in [3.05, 3.63) is 29.6 Å². The summed E-state index contributed by atoms with van der Waals surface area (Å²) in [5.41, 5.74) is 2.04. The summed E-state index contributed by atoms with van der Waals surface area (Å²) in [6, 6.07) is 4.93. The Labute approximate surface area is 109 Å². The second-order valence-electron chi connectivity index (χ2n) is 4.36. The minimum Gasteiger partial charge on any atom is -0.383 e. The van der Waals surface area contributed by atoms with Crippen LogP contribution in [0.5, 0.6) is 0 Å². The van der Waals surface area contributed by atoms with Gasteiger partial charge in [0, 0.05) is 32.9 Å². The summed E-state index contributed by atoms with van der Waals surface area (Å²) < 4.78 is 18.4. The highest BCUT2D eigenvalue weighted by molar-refractivity contribution is 5.53. The monoisotopic (exact) mass is 254 g/mol. The van der Waals surface area contributed by atoms with Gasteiger partial charge in [0.05, 0.1) is 6.61 Å². The van der Waals surface area contributed by atoms with Gasteiger partial charge in [-0.2, -0.15) is 0 Å². The Morgan fingerprint density at radius 2 is 2.17 bits per heavy atom. The van der Waals surface area contributed by atoms with E-state index in [4.69, 9.17) is 4.74 Å². The summed E-state index contributed by atoms with van der Waals surface area (Å²) in [4.78, 5) is 2.09. The Morgan fingerprint density at radius 1 is 1.39 bits per heavy atom. The predicted octanol–water partition coefficient (Wildman–Crippen LogP) is 2.41. The van der Waals surface area contributed by atoms with Crippen molar-refractivity contribution >= 4 is 5.69 Å². The van der Waals surface area contributed by atoms with Crippen LogP contribution in [0.2, 0.25) is 0 Å². The molecule has 0 heterocycles. The molecule has 1 aromatic rings. The van der Waals surface area contributed by atoms with Gasteiger partial charge in [-0.3, -0.25) is 0 Å². The standard InChI is InChI=1S/C14H23FN2O/c1-4-7-16-11-12-10-13(15)5-6-14(12)17(2)8-9-18-3/h5-6,10,16H,4,7-9,11H2,1-3H3. The molecule has 0 amide bonds. The van der Waals surface area contributed by atoms with Crippen LogP contribution in [0.15, 0.2) is 18.2 Å². The molecule has 0 saturated carbocycles. The van der Waals surface area contributed by atoms with E-state index < -0.39 is 0 Å². The van der Waals surface area contributed by atoms with Gasteiger partial charge in [0.25, 0.3) is 0 Å². The smallest absolute Gasteiger partial charge is 0.123 e. The topological polar surface area (TPSA) is 24.5 Å². The Hall–Kier alpha value is -1.13. The molecule has 1 aromatic carbocycles. The van der Waals surface area contributed by atoms with Gasteiger partial charge in [-0.25, -0.2) is 4.39 Å². The van der Waals surface area contributed by atoms with Gasteiger partial charge < -0.3 is 15.0 Å². The van der Waals surface area contributed by atoms with Crippen molar-refractivity contribution in [2.45, 2.75) is 19.9 Å². The molecule has 0 radical (unpaired) electrons. The number of hydrogen-bond donors (Lipinski definition) is 1. The quantitative estimate of drug-likeness (QED) is 0.721. The number of nitrogens with zero attached hydrogens (tertiary/aromatic N) is 1. The van der Waals surface area contributed by atoms with Gasteiger partial charge >= 0.3 is 0 Å². The largest absolute Gasteiger partial charge is 0.383 e. The van der Waals surface area contributed by atoms with Crippen molar-refractivity contribution in [3.63, 3.8) is 0 Å². The molecular formula is C14H23FN2O. The van der Waals surface area contributed by atoms with Crippen molar-refractivity contribution in [1.82, 2.24) is 5.32 Å². The summed E-state index contributed by atoms with van der Waals surface area (Å²) in [7, 11) is 3.68. The highest BCUT2D eigenvalue weighted by Crippen LogP contribution is 2.20. The summed E-state index contributed by atoms with van der Waals surface area (Å²) in [5, 5.41) is 3.31. The minimum atomic E-state index is -0.188. The maximum absolute atomic E-state index is 13.3. The van der Waals surface area contributed by atoms with Crippen LogP contribution in [-0.4, -0.2) is 33.9 Å². The molecule has 18 heavy (non-hydrogen) atoms. The zero-order chi connectivity index (χ0) is 13.4. The third kappa shape index (κ3) is 4.63. The number of nitrogens with one attached hydrogen (secondary N) is 1. The van der Waals surface area contributed by atoms with Gasteiger partial charge in [-0.15, -0.1) is 0 Å². The van der Waals surface area contributed by atoms with Gasteiger partial charge in [0.15, 0.2) is 0 Å². The van der Waals surface area contributed by atoms with Crippen LogP contribution in [0, 0.1) is 5.82 Å². The maximum Gasteiger partial charge on any atom is 0.123 e. The molecule has 3 nitrogen and oxygen atoms in total. The number of benzene rings is 1. The number of likely N-dealkylation sites (N-methyl/N-ethyl adjacent to an activating group) is 1. The predicted molar refractivity (Wildman–Crippen MR) is 73.5 cm³/mol. The van der Waals surface area contributed by atoms with E-state index in [1.54, 1.807) is 13.2 Å². The minimum absolute atomic E-state index is 0.188. The average molecular weight is 254 g/mol. The van der Waals surface area contributed by atoms with E-state index in [-0.39, 0.29) is 5.82 Å². The molecule has 0 fully saturated rings. The van der Waals surface area contributed by atoms with Crippen molar-refractivity contribution in [2.24, 2.45) is 0 Å². The van der Waals surface area contributed by atoms with E-state index in [1.807, 2.05) is 13.1 Å². The van der Waals surface area contributed by atoms with Crippen LogP contribution in [0.1, 0.15) is 18.9 Å². The summed E-state index contributed by atoms with van der Waals surface area (Å²) in [6.45, 7) is 5.21. The van der Waals surface area contributed by atoms with Crippen LogP contribution >= 0.6 is 0 Å². The Kier molecular flexibility index (Phi) is 6.68. The van der Waals surface area contributed by atoms with Gasteiger partial charge in [-0.1, -0.05) is 6.92 Å². The number of methoxy groups -OCH3 is 1. The third-order valence-electron chi connectivity index (χ3n) is 2.83. The lowest BCUT2D eigenvalue weighted by atomic mass is 10.1. The number of anilines is 1. The Morgan fingerprint density at radius 3 is 2.83 bits per heavy atom. The van der Waals surface area contributed by atoms with Gasteiger partial charge in [-0.05, 0) is 36.7 Å². The third-order valence-corrected chi connectivity index (χ3v) is 2.83. The molecule has 0 unspecified atom stereocenters. The van der Waals surface area contributed by atoms with Crippen LogP contribution in [0.4, 0.5) is 10.1 Å². The molecule has 0 aromatic heterocycles. The van der Waals surface area contributed by atoms with E-state index >= 15 is 0 Å². The highest BCUT2D eigenvalue weighted by atomic mass is 19.1. The average Bonchev–Trinajstić information content (AvgIpc) is 2.36. The van der Waals surface area contributed by atoms with E-state index in [0.717, 1.165) is 30.8 Å². The summed E-state index contributed by atoms with van der Waals surface area (Å²) in [5.74, 6) is -0.188. The summed E-state index contributed by atoms with van der Waals surface area (Å²) in [6.07, 6.45) is 1.07. The second kappa shape index (κ2) is 8.06. The molecule has 0 spiro atoms. The molecule has 0 aliphatic rings. The SMILES string of the molecule is CCCNCc1cc(F)ccc1N(C)CCOC. The number of halogens is 1. The molecular weight excluding hydrogens is 231 g/mol. The lowest BCUT2D eigenvalue weighted by Crippen LogP contribution is -2.25. The van der Waals surface area contributed by atoms with Crippen LogP contribution < -0.4 is 10.2 Å². The normalized spacial score (nSPS) is 10.7. The lowest BCUT2D eigenvalue weighted by Gasteiger charge is -2.22. The highest BCUT2D eigenvalue weighted by Gasteiger charge is 2.08. The first-order chi connectivity index (χ1) is 8.69. The summed E-state index contributed by atoms with van der Waals surface area (Å²) >= 11 is 0.